The molecular formula is C22H33N5O2. The van der Waals surface area contributed by atoms with E-state index in [2.05, 4.69) is 37.4 Å². The molecule has 0 bridgehead atoms. The lowest BCUT2D eigenvalue weighted by Gasteiger charge is -2.36. The highest BCUT2D eigenvalue weighted by molar-refractivity contribution is 5.64. The van der Waals surface area contributed by atoms with Gasteiger partial charge in [-0.1, -0.05) is 12.1 Å². The number of hydrogen-bond acceptors (Lipinski definition) is 6. The molecule has 29 heavy (non-hydrogen) atoms. The molecule has 2 fully saturated rings. The second kappa shape index (κ2) is 10.2. The molecule has 4 rings (SSSR count). The molecule has 2 aliphatic rings. The van der Waals surface area contributed by atoms with Crippen molar-refractivity contribution in [3.63, 3.8) is 0 Å². The third-order valence-electron chi connectivity index (χ3n) is 6.04. The Hall–Kier alpha value is -1.93. The lowest BCUT2D eigenvalue weighted by molar-refractivity contribution is 0.0290. The van der Waals surface area contributed by atoms with E-state index in [4.69, 9.17) is 9.47 Å². The van der Waals surface area contributed by atoms with Gasteiger partial charge in [-0.25, -0.2) is 0 Å². The first-order chi connectivity index (χ1) is 14.3. The lowest BCUT2D eigenvalue weighted by Crippen LogP contribution is -2.49. The van der Waals surface area contributed by atoms with E-state index >= 15 is 0 Å². The van der Waals surface area contributed by atoms with Gasteiger partial charge in [-0.3, -0.25) is 14.9 Å². The minimum atomic E-state index is 0.567. The molecule has 0 aliphatic carbocycles. The first-order valence-electron chi connectivity index (χ1n) is 10.7. The van der Waals surface area contributed by atoms with Crippen molar-refractivity contribution in [3.05, 3.63) is 36.0 Å². The summed E-state index contributed by atoms with van der Waals surface area (Å²) in [4.78, 5) is 5.15. The van der Waals surface area contributed by atoms with Crippen molar-refractivity contribution in [1.82, 2.24) is 25.3 Å². The number of aromatic amines is 1. The maximum Gasteiger partial charge on any atom is 0.119 e. The second-order valence-electron chi connectivity index (χ2n) is 7.93. The highest BCUT2D eigenvalue weighted by Gasteiger charge is 2.24. The Morgan fingerprint density at radius 1 is 1.31 bits per heavy atom. The Bertz CT molecular complexity index is 753. The van der Waals surface area contributed by atoms with Crippen molar-refractivity contribution in [2.45, 2.75) is 25.4 Å². The van der Waals surface area contributed by atoms with Crippen molar-refractivity contribution < 1.29 is 9.47 Å². The predicted molar refractivity (Wildman–Crippen MR) is 114 cm³/mol. The number of aromatic nitrogens is 2. The molecule has 1 aromatic carbocycles. The third-order valence-corrected chi connectivity index (χ3v) is 6.04. The van der Waals surface area contributed by atoms with Crippen molar-refractivity contribution >= 4 is 0 Å². The lowest BCUT2D eigenvalue weighted by atomic mass is 10.0. The quantitative estimate of drug-likeness (QED) is 0.708. The van der Waals surface area contributed by atoms with Crippen molar-refractivity contribution in [2.24, 2.45) is 0 Å². The van der Waals surface area contributed by atoms with Gasteiger partial charge in [-0.2, -0.15) is 5.10 Å². The number of H-pyrrole nitrogens is 1. The van der Waals surface area contributed by atoms with Crippen LogP contribution in [0.25, 0.3) is 11.3 Å². The van der Waals surface area contributed by atoms with E-state index in [1.165, 1.54) is 18.4 Å². The number of benzene rings is 1. The molecule has 2 N–H and O–H groups in total. The van der Waals surface area contributed by atoms with Crippen LogP contribution in [0.4, 0.5) is 0 Å². The summed E-state index contributed by atoms with van der Waals surface area (Å²) >= 11 is 0. The van der Waals surface area contributed by atoms with E-state index < -0.39 is 0 Å². The number of nitrogens with zero attached hydrogens (tertiary/aromatic N) is 3. The summed E-state index contributed by atoms with van der Waals surface area (Å²) in [6, 6.07) is 8.75. The third kappa shape index (κ3) is 5.36. The van der Waals surface area contributed by atoms with Gasteiger partial charge in [0.1, 0.15) is 5.75 Å². The largest absolute Gasteiger partial charge is 0.497 e. The van der Waals surface area contributed by atoms with Gasteiger partial charge in [0.25, 0.3) is 0 Å². The van der Waals surface area contributed by atoms with Crippen LogP contribution in [0.5, 0.6) is 5.75 Å². The summed E-state index contributed by atoms with van der Waals surface area (Å²) in [7, 11) is 1.70. The normalized spacial score (nSPS) is 20.8. The number of rotatable bonds is 8. The first kappa shape index (κ1) is 20.3. The van der Waals surface area contributed by atoms with E-state index in [-0.39, 0.29) is 0 Å². The summed E-state index contributed by atoms with van der Waals surface area (Å²) < 4.78 is 10.9. The molecule has 1 atom stereocenters. The first-order valence-corrected chi connectivity index (χ1v) is 10.7. The molecule has 7 heteroatoms. The summed E-state index contributed by atoms with van der Waals surface area (Å²) in [6.07, 6.45) is 4.47. The molecule has 0 spiro atoms. The molecule has 1 unspecified atom stereocenters. The Morgan fingerprint density at radius 3 is 3.00 bits per heavy atom. The zero-order chi connectivity index (χ0) is 19.9. The molecule has 0 amide bonds. The van der Waals surface area contributed by atoms with E-state index in [9.17, 15) is 0 Å². The van der Waals surface area contributed by atoms with Crippen LogP contribution in [0.1, 0.15) is 18.4 Å². The van der Waals surface area contributed by atoms with Gasteiger partial charge in [-0.15, -0.1) is 0 Å². The van der Waals surface area contributed by atoms with Crippen LogP contribution in [0.3, 0.4) is 0 Å². The van der Waals surface area contributed by atoms with Crippen LogP contribution in [0.15, 0.2) is 30.5 Å². The van der Waals surface area contributed by atoms with E-state index in [0.29, 0.717) is 6.04 Å². The Kier molecular flexibility index (Phi) is 7.16. The zero-order valence-corrected chi connectivity index (χ0v) is 17.4. The summed E-state index contributed by atoms with van der Waals surface area (Å²) in [5, 5.41) is 11.2. The minimum Gasteiger partial charge on any atom is -0.497 e. The number of piperidine rings is 1. The van der Waals surface area contributed by atoms with Gasteiger partial charge >= 0.3 is 0 Å². The van der Waals surface area contributed by atoms with Gasteiger partial charge in [0, 0.05) is 56.4 Å². The Balaban J connectivity index is 1.48. The molecular weight excluding hydrogens is 366 g/mol. The van der Waals surface area contributed by atoms with E-state index in [1.54, 1.807) is 7.11 Å². The molecule has 0 saturated carbocycles. The fourth-order valence-electron chi connectivity index (χ4n) is 4.31. The predicted octanol–water partition coefficient (Wildman–Crippen LogP) is 1.97. The highest BCUT2D eigenvalue weighted by Crippen LogP contribution is 2.26. The Morgan fingerprint density at radius 2 is 2.21 bits per heavy atom. The van der Waals surface area contributed by atoms with Crippen molar-refractivity contribution in [3.8, 4) is 17.0 Å². The smallest absolute Gasteiger partial charge is 0.119 e. The molecule has 158 valence electrons. The average molecular weight is 400 g/mol. The Labute approximate surface area is 173 Å². The topological polar surface area (TPSA) is 65.7 Å². The highest BCUT2D eigenvalue weighted by atomic mass is 16.5. The van der Waals surface area contributed by atoms with Crippen molar-refractivity contribution in [2.75, 3.05) is 59.6 Å². The van der Waals surface area contributed by atoms with Gasteiger partial charge in [0.05, 0.1) is 32.2 Å². The van der Waals surface area contributed by atoms with Crippen LogP contribution < -0.4 is 10.1 Å². The summed E-state index contributed by atoms with van der Waals surface area (Å²) in [6.45, 7) is 9.04. The molecule has 0 radical (unpaired) electrons. The van der Waals surface area contributed by atoms with Crippen LogP contribution in [0, 0.1) is 0 Å². The molecule has 1 aromatic heterocycles. The molecule has 2 aromatic rings. The maximum absolute atomic E-state index is 5.50. The fourth-order valence-corrected chi connectivity index (χ4v) is 4.31. The zero-order valence-electron chi connectivity index (χ0n) is 17.4. The number of nitrogens with one attached hydrogen (secondary N) is 2. The standard InChI is InChI=1S/C22H33N5O2/c1-28-21-6-2-4-18(14-21)22-19(15-24-25-22)17-27(20-5-3-7-23-16-20)9-8-26-10-12-29-13-11-26/h2,4,6,14-15,20,23H,3,5,7-13,16-17H2,1H3,(H,24,25). The number of hydrogen-bond donors (Lipinski definition) is 2. The second-order valence-corrected chi connectivity index (χ2v) is 7.93. The number of ether oxygens (including phenoxy) is 2. The molecule has 3 heterocycles. The summed E-state index contributed by atoms with van der Waals surface area (Å²) in [5.41, 5.74) is 3.45. The van der Waals surface area contributed by atoms with Crippen LogP contribution >= 0.6 is 0 Å². The molecule has 2 saturated heterocycles. The monoisotopic (exact) mass is 399 g/mol. The van der Waals surface area contributed by atoms with Crippen LogP contribution in [0.2, 0.25) is 0 Å². The van der Waals surface area contributed by atoms with Crippen molar-refractivity contribution in [1.29, 1.82) is 0 Å². The van der Waals surface area contributed by atoms with E-state index in [0.717, 1.165) is 76.0 Å². The number of morpholine rings is 1. The minimum absolute atomic E-state index is 0.567. The van der Waals surface area contributed by atoms with Crippen LogP contribution in [-0.2, 0) is 11.3 Å². The van der Waals surface area contributed by atoms with Gasteiger partial charge in [0.2, 0.25) is 0 Å². The number of methoxy groups -OCH3 is 1. The van der Waals surface area contributed by atoms with Gasteiger partial charge < -0.3 is 14.8 Å². The van der Waals surface area contributed by atoms with Gasteiger partial charge in [-0.05, 0) is 31.5 Å². The summed E-state index contributed by atoms with van der Waals surface area (Å²) in [5.74, 6) is 0.865. The fraction of sp³-hybridized carbons (Fsp3) is 0.591. The van der Waals surface area contributed by atoms with Gasteiger partial charge in [0.15, 0.2) is 0 Å². The molecule has 2 aliphatic heterocycles. The average Bonchev–Trinajstić information content (AvgIpc) is 3.26. The van der Waals surface area contributed by atoms with E-state index in [1.807, 2.05) is 18.3 Å². The SMILES string of the molecule is COc1cccc(-c2[nH]ncc2CN(CCN2CCOCC2)C2CCCNC2)c1. The maximum atomic E-state index is 5.50. The van der Waals surface area contributed by atoms with Crippen LogP contribution in [-0.4, -0.2) is 85.6 Å². The molecule has 7 nitrogen and oxygen atoms in total.